The molecule has 0 N–H and O–H groups in total. The average Bonchev–Trinajstić information content (AvgIpc) is 2.93. The highest BCUT2D eigenvalue weighted by Gasteiger charge is 2.33. The third kappa shape index (κ3) is 5.58. The van der Waals surface area contributed by atoms with Crippen LogP contribution in [0, 0.1) is 11.6 Å². The van der Waals surface area contributed by atoms with Crippen molar-refractivity contribution >= 4 is 40.1 Å². The minimum absolute atomic E-state index is 0.179. The lowest BCUT2D eigenvalue weighted by Gasteiger charge is -2.39. The first-order chi connectivity index (χ1) is 19.7. The Balaban J connectivity index is 1.46. The molecule has 6 nitrogen and oxygen atoms in total. The minimum Gasteiger partial charge on any atom is -0.353 e. The zero-order valence-corrected chi connectivity index (χ0v) is 24.3. The van der Waals surface area contributed by atoms with E-state index in [2.05, 4.69) is 21.7 Å². The number of aromatic nitrogens is 2. The van der Waals surface area contributed by atoms with Crippen LogP contribution in [0.1, 0.15) is 32.2 Å². The molecule has 2 saturated heterocycles. The highest BCUT2D eigenvalue weighted by molar-refractivity contribution is 7.99. The van der Waals surface area contributed by atoms with Gasteiger partial charge in [0, 0.05) is 78.5 Å². The lowest BCUT2D eigenvalue weighted by Crippen LogP contribution is -2.50. The highest BCUT2D eigenvalue weighted by Crippen LogP contribution is 2.48. The van der Waals surface area contributed by atoms with Crippen molar-refractivity contribution < 1.29 is 17.6 Å². The van der Waals surface area contributed by atoms with E-state index in [4.69, 9.17) is 11.6 Å². The molecule has 0 saturated carbocycles. The predicted octanol–water partition coefficient (Wildman–Crippen LogP) is 5.90. The van der Waals surface area contributed by atoms with Crippen molar-refractivity contribution in [3.63, 3.8) is 0 Å². The molecule has 4 heterocycles. The van der Waals surface area contributed by atoms with E-state index in [-0.39, 0.29) is 29.9 Å². The molecule has 3 aliphatic heterocycles. The molecule has 0 aliphatic carbocycles. The molecule has 2 aromatic carbocycles. The number of hydrogen-bond donors (Lipinski definition) is 0. The van der Waals surface area contributed by atoms with Crippen LogP contribution >= 0.6 is 23.4 Å². The van der Waals surface area contributed by atoms with Crippen LogP contribution in [0.3, 0.4) is 0 Å². The lowest BCUT2D eigenvalue weighted by atomic mass is 10.00. The van der Waals surface area contributed by atoms with E-state index < -0.39 is 18.1 Å². The molecule has 0 radical (unpaired) electrons. The molecule has 6 rings (SSSR count). The maximum Gasteiger partial charge on any atom is 0.350 e. The lowest BCUT2D eigenvalue weighted by molar-refractivity contribution is 0.0533. The fourth-order valence-electron chi connectivity index (χ4n) is 6.42. The molecule has 0 amide bonds. The SMILES string of the molecule is C[C@H]1CCCCN1c1nc(=O)n2c3c(c(-c4ccc(F)cc4F)c(Cl)cc13)SC[C@@H]2CN1CCN(CC(F)F)CC1. The molecule has 0 bridgehead atoms. The Kier molecular flexibility index (Phi) is 8.24. The maximum atomic E-state index is 15.1. The van der Waals surface area contributed by atoms with Gasteiger partial charge in [-0.15, -0.1) is 11.8 Å². The van der Waals surface area contributed by atoms with E-state index >= 15 is 4.39 Å². The first-order valence-electron chi connectivity index (χ1n) is 14.1. The van der Waals surface area contributed by atoms with Crippen molar-refractivity contribution in [1.82, 2.24) is 19.4 Å². The van der Waals surface area contributed by atoms with Crippen LogP contribution in [0.2, 0.25) is 5.02 Å². The zero-order valence-electron chi connectivity index (χ0n) is 22.8. The van der Waals surface area contributed by atoms with Gasteiger partial charge in [-0.05, 0) is 44.4 Å². The van der Waals surface area contributed by atoms with Gasteiger partial charge in [-0.1, -0.05) is 11.6 Å². The summed E-state index contributed by atoms with van der Waals surface area (Å²) in [4.78, 5) is 25.3. The number of piperidine rings is 1. The maximum absolute atomic E-state index is 15.1. The molecule has 220 valence electrons. The Hall–Kier alpha value is -2.34. The molecular weight excluding hydrogens is 578 g/mol. The Morgan fingerprint density at radius 3 is 2.54 bits per heavy atom. The summed E-state index contributed by atoms with van der Waals surface area (Å²) in [7, 11) is 0. The summed E-state index contributed by atoms with van der Waals surface area (Å²) < 4.78 is 56.3. The van der Waals surface area contributed by atoms with Crippen molar-refractivity contribution in [2.75, 3.05) is 56.5 Å². The normalized spacial score (nSPS) is 22.2. The second kappa shape index (κ2) is 11.7. The van der Waals surface area contributed by atoms with Gasteiger partial charge in [-0.3, -0.25) is 14.4 Å². The van der Waals surface area contributed by atoms with Gasteiger partial charge < -0.3 is 4.90 Å². The van der Waals surface area contributed by atoms with Gasteiger partial charge in [0.2, 0.25) is 0 Å². The molecule has 0 unspecified atom stereocenters. The first kappa shape index (κ1) is 28.8. The monoisotopic (exact) mass is 609 g/mol. The molecule has 0 spiro atoms. The number of nitrogens with zero attached hydrogens (tertiary/aromatic N) is 5. The van der Waals surface area contributed by atoms with Crippen LogP contribution in [0.25, 0.3) is 22.0 Å². The van der Waals surface area contributed by atoms with E-state index in [0.717, 1.165) is 37.3 Å². The van der Waals surface area contributed by atoms with Gasteiger partial charge in [0.05, 0.1) is 23.1 Å². The Morgan fingerprint density at radius 1 is 1.07 bits per heavy atom. The van der Waals surface area contributed by atoms with Crippen molar-refractivity contribution in [3.05, 3.63) is 51.4 Å². The van der Waals surface area contributed by atoms with Gasteiger partial charge in [-0.25, -0.2) is 22.4 Å². The van der Waals surface area contributed by atoms with Gasteiger partial charge in [-0.2, -0.15) is 4.98 Å². The van der Waals surface area contributed by atoms with Crippen LogP contribution in [-0.4, -0.2) is 83.4 Å². The summed E-state index contributed by atoms with van der Waals surface area (Å²) in [6, 6.07) is 5.17. The fraction of sp³-hybridized carbons (Fsp3) is 0.517. The number of piperazine rings is 1. The number of halogens is 5. The van der Waals surface area contributed by atoms with Crippen LogP contribution in [0.5, 0.6) is 0 Å². The van der Waals surface area contributed by atoms with Crippen molar-refractivity contribution in [2.24, 2.45) is 0 Å². The zero-order chi connectivity index (χ0) is 28.8. The number of rotatable bonds is 6. The van der Waals surface area contributed by atoms with Crippen molar-refractivity contribution in [2.45, 2.75) is 49.6 Å². The predicted molar refractivity (Wildman–Crippen MR) is 156 cm³/mol. The van der Waals surface area contributed by atoms with Crippen molar-refractivity contribution in [3.8, 4) is 11.1 Å². The number of hydrogen-bond acceptors (Lipinski definition) is 6. The Labute approximate surface area is 245 Å². The summed E-state index contributed by atoms with van der Waals surface area (Å²) >= 11 is 8.38. The number of alkyl halides is 2. The summed E-state index contributed by atoms with van der Waals surface area (Å²) in [5, 5.41) is 1.06. The van der Waals surface area contributed by atoms with Crippen LogP contribution in [-0.2, 0) is 0 Å². The molecular formula is C29H32ClF4N5OS. The van der Waals surface area contributed by atoms with E-state index in [9.17, 15) is 18.0 Å². The average molecular weight is 610 g/mol. The molecule has 2 fully saturated rings. The van der Waals surface area contributed by atoms with E-state index in [1.54, 1.807) is 15.5 Å². The van der Waals surface area contributed by atoms with E-state index in [1.165, 1.54) is 23.9 Å². The van der Waals surface area contributed by atoms with E-state index in [0.29, 0.717) is 65.3 Å². The smallest absolute Gasteiger partial charge is 0.350 e. The fourth-order valence-corrected chi connectivity index (χ4v) is 8.10. The van der Waals surface area contributed by atoms with Gasteiger partial charge >= 0.3 is 5.69 Å². The van der Waals surface area contributed by atoms with Gasteiger partial charge in [0.1, 0.15) is 17.5 Å². The Bertz CT molecular complexity index is 1510. The standard InChI is InChI=1S/C29H32ClF4N5OS/c1-17-4-2-3-7-38(17)28-21-13-22(30)25(20-6-5-18(31)12-23(20)32)27-26(21)39(29(40)35-28)19(16-41-27)14-36-8-10-37(11-9-36)15-24(33)34/h5-6,12-13,17,19,24H,2-4,7-11,14-16H2,1H3/t17-,19-/m0/s1. The number of anilines is 1. The van der Waals surface area contributed by atoms with E-state index in [1.807, 2.05) is 0 Å². The van der Waals surface area contributed by atoms with Crippen LogP contribution in [0.15, 0.2) is 34.0 Å². The molecule has 1 aromatic heterocycles. The van der Waals surface area contributed by atoms with Gasteiger partial charge in [0.15, 0.2) is 0 Å². The van der Waals surface area contributed by atoms with Crippen molar-refractivity contribution in [1.29, 1.82) is 0 Å². The summed E-state index contributed by atoms with van der Waals surface area (Å²) in [6.45, 7) is 5.56. The highest BCUT2D eigenvalue weighted by atomic mass is 35.5. The third-order valence-corrected chi connectivity index (χ3v) is 10.0. The number of benzene rings is 2. The van der Waals surface area contributed by atoms with Crippen LogP contribution in [0.4, 0.5) is 23.4 Å². The molecule has 3 aromatic rings. The second-order valence-electron chi connectivity index (χ2n) is 11.2. The second-order valence-corrected chi connectivity index (χ2v) is 12.6. The minimum atomic E-state index is -2.36. The molecule has 3 aliphatic rings. The molecule has 41 heavy (non-hydrogen) atoms. The molecule has 2 atom stereocenters. The first-order valence-corrected chi connectivity index (χ1v) is 15.4. The van der Waals surface area contributed by atoms with Crippen LogP contribution < -0.4 is 10.6 Å². The quantitative estimate of drug-likeness (QED) is 0.324. The summed E-state index contributed by atoms with van der Waals surface area (Å²) in [5.41, 5.74) is 0.912. The Morgan fingerprint density at radius 2 is 1.83 bits per heavy atom. The largest absolute Gasteiger partial charge is 0.353 e. The summed E-state index contributed by atoms with van der Waals surface area (Å²) in [6.07, 6.45) is 0.722. The number of thioether (sulfide) groups is 1. The third-order valence-electron chi connectivity index (χ3n) is 8.49. The topological polar surface area (TPSA) is 44.6 Å². The molecule has 12 heteroatoms. The van der Waals surface area contributed by atoms with Gasteiger partial charge in [0.25, 0.3) is 6.43 Å². The summed E-state index contributed by atoms with van der Waals surface area (Å²) in [5.74, 6) is -0.290.